The predicted octanol–water partition coefficient (Wildman–Crippen LogP) is 0.536. The smallest absolute Gasteiger partial charge is 0.209 e. The van der Waals surface area contributed by atoms with Gasteiger partial charge in [0.2, 0.25) is 5.16 Å². The van der Waals surface area contributed by atoms with Crippen molar-refractivity contribution >= 4 is 11.8 Å². The summed E-state index contributed by atoms with van der Waals surface area (Å²) in [6, 6.07) is 0. The number of rotatable bonds is 5. The highest BCUT2D eigenvalue weighted by atomic mass is 32.2. The molecule has 0 bridgehead atoms. The largest absolute Gasteiger partial charge is 0.329 e. The molecule has 0 radical (unpaired) electrons. The van der Waals surface area contributed by atoms with E-state index in [2.05, 4.69) is 20.2 Å². The van der Waals surface area contributed by atoms with Crippen molar-refractivity contribution in [2.75, 3.05) is 6.54 Å². The maximum Gasteiger partial charge on any atom is 0.209 e. The predicted molar refractivity (Wildman–Crippen MR) is 76.3 cm³/mol. The zero-order chi connectivity index (χ0) is 13.9. The SMILES string of the molecule is Cn1nnnc1SCc1c2c(nn1CCN)CCCC2. The fourth-order valence-corrected chi connectivity index (χ4v) is 3.52. The summed E-state index contributed by atoms with van der Waals surface area (Å²) in [6.07, 6.45) is 4.72. The highest BCUT2D eigenvalue weighted by Gasteiger charge is 2.20. The molecule has 3 rings (SSSR count). The quantitative estimate of drug-likeness (QED) is 0.809. The van der Waals surface area contributed by atoms with Crippen molar-refractivity contribution in [3.63, 3.8) is 0 Å². The van der Waals surface area contributed by atoms with Crippen LogP contribution in [0.1, 0.15) is 29.8 Å². The second kappa shape index (κ2) is 5.92. The van der Waals surface area contributed by atoms with Gasteiger partial charge in [-0.05, 0) is 41.7 Å². The Labute approximate surface area is 121 Å². The summed E-state index contributed by atoms with van der Waals surface area (Å²) in [4.78, 5) is 0. The second-order valence-electron chi connectivity index (χ2n) is 4.96. The molecule has 0 aliphatic heterocycles. The van der Waals surface area contributed by atoms with Crippen LogP contribution < -0.4 is 5.73 Å². The minimum absolute atomic E-state index is 0.615. The molecule has 1 aliphatic carbocycles. The summed E-state index contributed by atoms with van der Waals surface area (Å²) >= 11 is 1.65. The molecule has 2 aromatic rings. The molecule has 0 unspecified atom stereocenters. The van der Waals surface area contributed by atoms with Gasteiger partial charge in [-0.25, -0.2) is 4.68 Å². The van der Waals surface area contributed by atoms with Crippen molar-refractivity contribution in [2.24, 2.45) is 12.8 Å². The highest BCUT2D eigenvalue weighted by molar-refractivity contribution is 7.98. The first-order valence-corrected chi connectivity index (χ1v) is 7.91. The van der Waals surface area contributed by atoms with Gasteiger partial charge in [-0.15, -0.1) is 5.10 Å². The molecule has 0 aromatic carbocycles. The molecule has 2 heterocycles. The van der Waals surface area contributed by atoms with Crippen molar-refractivity contribution in [3.05, 3.63) is 17.0 Å². The molecule has 0 saturated carbocycles. The van der Waals surface area contributed by atoms with Gasteiger partial charge in [-0.1, -0.05) is 11.8 Å². The van der Waals surface area contributed by atoms with E-state index in [9.17, 15) is 0 Å². The van der Waals surface area contributed by atoms with Gasteiger partial charge >= 0.3 is 0 Å². The fourth-order valence-electron chi connectivity index (χ4n) is 2.62. The van der Waals surface area contributed by atoms with Crippen LogP contribution >= 0.6 is 11.8 Å². The van der Waals surface area contributed by atoms with Crippen LogP contribution in [0.3, 0.4) is 0 Å². The number of tetrazole rings is 1. The van der Waals surface area contributed by atoms with Crippen LogP contribution in [-0.2, 0) is 32.2 Å². The summed E-state index contributed by atoms with van der Waals surface area (Å²) in [5.41, 5.74) is 9.67. The normalized spacial score (nSPS) is 14.5. The molecule has 0 amide bonds. The van der Waals surface area contributed by atoms with Crippen molar-refractivity contribution in [1.82, 2.24) is 30.0 Å². The molecule has 7 nitrogen and oxygen atoms in total. The third-order valence-corrected chi connectivity index (χ3v) is 4.62. The van der Waals surface area contributed by atoms with Crippen molar-refractivity contribution < 1.29 is 0 Å². The van der Waals surface area contributed by atoms with E-state index < -0.39 is 0 Å². The Balaban J connectivity index is 1.83. The Kier molecular flexibility index (Phi) is 4.02. The molecular weight excluding hydrogens is 274 g/mol. The molecule has 2 aromatic heterocycles. The van der Waals surface area contributed by atoms with E-state index in [4.69, 9.17) is 10.8 Å². The first kappa shape index (κ1) is 13.6. The van der Waals surface area contributed by atoms with Gasteiger partial charge in [0.1, 0.15) is 0 Å². The third-order valence-electron chi connectivity index (χ3n) is 3.60. The molecule has 8 heteroatoms. The first-order chi connectivity index (χ1) is 9.79. The summed E-state index contributed by atoms with van der Waals surface area (Å²) in [5, 5.41) is 17.1. The number of aryl methyl sites for hydroxylation is 2. The van der Waals surface area contributed by atoms with E-state index in [1.807, 2.05) is 7.05 Å². The Hall–Kier alpha value is -1.41. The van der Waals surface area contributed by atoms with Gasteiger partial charge in [0.15, 0.2) is 0 Å². The summed E-state index contributed by atoms with van der Waals surface area (Å²) in [6.45, 7) is 1.39. The van der Waals surface area contributed by atoms with Crippen LogP contribution in [0.4, 0.5) is 0 Å². The number of aromatic nitrogens is 6. The maximum atomic E-state index is 5.70. The number of thioether (sulfide) groups is 1. The van der Waals surface area contributed by atoms with Crippen LogP contribution in [0.2, 0.25) is 0 Å². The number of hydrogen-bond donors (Lipinski definition) is 1. The average molecular weight is 293 g/mol. The molecule has 0 saturated heterocycles. The van der Waals surface area contributed by atoms with Gasteiger partial charge in [-0.2, -0.15) is 5.10 Å². The third kappa shape index (κ3) is 2.57. The number of hydrogen-bond acceptors (Lipinski definition) is 6. The lowest BCUT2D eigenvalue weighted by molar-refractivity contribution is 0.594. The molecule has 0 atom stereocenters. The zero-order valence-corrected chi connectivity index (χ0v) is 12.4. The first-order valence-electron chi connectivity index (χ1n) is 6.92. The lowest BCUT2D eigenvalue weighted by Crippen LogP contribution is -2.13. The van der Waals surface area contributed by atoms with Crippen molar-refractivity contribution in [3.8, 4) is 0 Å². The second-order valence-corrected chi connectivity index (χ2v) is 5.91. The van der Waals surface area contributed by atoms with Gasteiger partial charge in [0.05, 0.1) is 17.9 Å². The molecule has 0 spiro atoms. The van der Waals surface area contributed by atoms with E-state index in [1.165, 1.54) is 29.8 Å². The average Bonchev–Trinajstić information content (AvgIpc) is 3.01. The van der Waals surface area contributed by atoms with Gasteiger partial charge in [0.25, 0.3) is 0 Å². The van der Waals surface area contributed by atoms with E-state index in [0.717, 1.165) is 30.3 Å². The van der Waals surface area contributed by atoms with E-state index in [1.54, 1.807) is 16.4 Å². The Morgan fingerprint density at radius 2 is 2.15 bits per heavy atom. The van der Waals surface area contributed by atoms with Gasteiger partial charge < -0.3 is 5.73 Å². The minimum atomic E-state index is 0.615. The topological polar surface area (TPSA) is 87.4 Å². The Morgan fingerprint density at radius 3 is 2.90 bits per heavy atom. The van der Waals surface area contributed by atoms with Crippen molar-refractivity contribution in [2.45, 2.75) is 43.1 Å². The zero-order valence-electron chi connectivity index (χ0n) is 11.6. The molecule has 0 fully saturated rings. The molecule has 2 N–H and O–H groups in total. The Morgan fingerprint density at radius 1 is 1.30 bits per heavy atom. The molecule has 20 heavy (non-hydrogen) atoms. The van der Waals surface area contributed by atoms with E-state index in [-0.39, 0.29) is 0 Å². The van der Waals surface area contributed by atoms with E-state index >= 15 is 0 Å². The van der Waals surface area contributed by atoms with E-state index in [0.29, 0.717) is 6.54 Å². The summed E-state index contributed by atoms with van der Waals surface area (Å²) in [5.74, 6) is 0.844. The monoisotopic (exact) mass is 293 g/mol. The number of fused-ring (bicyclic) bond motifs is 1. The standard InChI is InChI=1S/C12H19N7S/c1-18-12(14-16-17-18)20-8-11-9-4-2-3-5-10(9)15-19(11)7-6-13/h2-8,13H2,1H3. The Bertz CT molecular complexity index is 589. The number of nitrogens with two attached hydrogens (primary N) is 1. The maximum absolute atomic E-state index is 5.70. The fraction of sp³-hybridized carbons (Fsp3) is 0.667. The van der Waals surface area contributed by atoms with Crippen LogP contribution in [0, 0.1) is 0 Å². The summed E-state index contributed by atoms with van der Waals surface area (Å²) < 4.78 is 3.77. The minimum Gasteiger partial charge on any atom is -0.329 e. The van der Waals surface area contributed by atoms with Crippen molar-refractivity contribution in [1.29, 1.82) is 0 Å². The molecule has 108 valence electrons. The highest BCUT2D eigenvalue weighted by Crippen LogP contribution is 2.28. The number of nitrogens with zero attached hydrogens (tertiary/aromatic N) is 6. The molecular formula is C12H19N7S. The lowest BCUT2D eigenvalue weighted by Gasteiger charge is -2.11. The van der Waals surface area contributed by atoms with Crippen LogP contribution in [0.25, 0.3) is 0 Å². The van der Waals surface area contributed by atoms with Crippen LogP contribution in [0.15, 0.2) is 5.16 Å². The summed E-state index contributed by atoms with van der Waals surface area (Å²) in [7, 11) is 1.86. The van der Waals surface area contributed by atoms with Crippen LogP contribution in [0.5, 0.6) is 0 Å². The van der Waals surface area contributed by atoms with Gasteiger partial charge in [-0.3, -0.25) is 4.68 Å². The van der Waals surface area contributed by atoms with Crippen LogP contribution in [-0.4, -0.2) is 36.5 Å². The van der Waals surface area contributed by atoms with Gasteiger partial charge in [0, 0.05) is 19.3 Å². The molecule has 1 aliphatic rings. The lowest BCUT2D eigenvalue weighted by atomic mass is 9.96.